The molecule has 0 saturated heterocycles. The summed E-state index contributed by atoms with van der Waals surface area (Å²) < 4.78 is 6.63. The SMILES string of the molecule is Oc1c(O)c(O)c(-c2nc(-c3ccccc3)nc(-c3ccc4c(sc5cccc(-n6c7ccccc7c7ccccc76)c54)c3-n3c4ccccc4c4ccccc43)n2)c(O)c1O. The van der Waals surface area contributed by atoms with Crippen molar-refractivity contribution in [3.63, 3.8) is 0 Å². The second-order valence-corrected chi connectivity index (χ2v) is 16.2. The van der Waals surface area contributed by atoms with Gasteiger partial charge >= 0.3 is 0 Å². The fourth-order valence-electron chi connectivity index (χ4n) is 9.01. The van der Waals surface area contributed by atoms with Crippen molar-refractivity contribution in [1.29, 1.82) is 0 Å². The molecule has 0 aliphatic rings. The Bertz CT molecular complexity index is 3700. The van der Waals surface area contributed by atoms with Crippen molar-refractivity contribution in [2.45, 2.75) is 0 Å². The van der Waals surface area contributed by atoms with Gasteiger partial charge in [-0.3, -0.25) is 0 Å². The second kappa shape index (κ2) is 13.3. The third-order valence-corrected chi connectivity index (χ3v) is 12.9. The zero-order chi connectivity index (χ0) is 41.8. The standard InChI is InChI=1S/C51H31N5O5S/c57-43-41(44(58)46(60)47(61)45(43)59)51-53-49(27-13-2-1-3-14-27)52-50(54-51)33-26-25-32-40-38(55-34-19-8-4-15-28(34)29-16-5-9-20-35(29)55)23-12-24-39(40)62-48(32)42(33)56-36-21-10-6-17-30(36)31-18-7-11-22-37(31)56/h1-26,57-61H. The lowest BCUT2D eigenvalue weighted by molar-refractivity contribution is 0.329. The van der Waals surface area contributed by atoms with Crippen molar-refractivity contribution in [2.24, 2.45) is 0 Å². The van der Waals surface area contributed by atoms with E-state index in [9.17, 15) is 25.5 Å². The Balaban J connectivity index is 1.23. The molecule has 12 rings (SSSR count). The highest BCUT2D eigenvalue weighted by Gasteiger charge is 2.29. The summed E-state index contributed by atoms with van der Waals surface area (Å²) in [7, 11) is 0. The van der Waals surface area contributed by atoms with Gasteiger partial charge in [0.1, 0.15) is 5.56 Å². The lowest BCUT2D eigenvalue weighted by Gasteiger charge is -2.17. The van der Waals surface area contributed by atoms with E-state index in [1.165, 1.54) is 10.8 Å². The molecule has 0 bridgehead atoms. The normalized spacial score (nSPS) is 11.9. The highest BCUT2D eigenvalue weighted by Crippen LogP contribution is 2.55. The Morgan fingerprint density at radius 3 is 1.45 bits per heavy atom. The van der Waals surface area contributed by atoms with E-state index in [0.29, 0.717) is 11.1 Å². The van der Waals surface area contributed by atoms with Gasteiger partial charge < -0.3 is 34.7 Å². The van der Waals surface area contributed by atoms with Crippen LogP contribution in [0.15, 0.2) is 158 Å². The summed E-state index contributed by atoms with van der Waals surface area (Å²) in [5, 5.41) is 60.5. The minimum Gasteiger partial charge on any atom is -0.504 e. The van der Waals surface area contributed by atoms with Gasteiger partial charge in [0.25, 0.3) is 0 Å². The molecule has 12 aromatic rings. The molecule has 11 heteroatoms. The molecule has 0 radical (unpaired) electrons. The zero-order valence-electron chi connectivity index (χ0n) is 32.4. The van der Waals surface area contributed by atoms with Gasteiger partial charge in [-0.2, -0.15) is 0 Å². The number of aromatic nitrogens is 5. The first-order chi connectivity index (χ1) is 30.4. The molecule has 0 atom stereocenters. The van der Waals surface area contributed by atoms with Gasteiger partial charge in [0.2, 0.25) is 17.2 Å². The maximum absolute atomic E-state index is 11.2. The van der Waals surface area contributed by atoms with Crippen molar-refractivity contribution >= 4 is 75.1 Å². The van der Waals surface area contributed by atoms with Crippen LogP contribution in [0.2, 0.25) is 0 Å². The van der Waals surface area contributed by atoms with E-state index in [0.717, 1.165) is 64.4 Å². The van der Waals surface area contributed by atoms with E-state index in [4.69, 9.17) is 9.97 Å². The zero-order valence-corrected chi connectivity index (χ0v) is 33.2. The number of benzene rings is 8. The smallest absolute Gasteiger partial charge is 0.208 e. The number of phenolic OH excluding ortho intramolecular Hbond substituents is 5. The summed E-state index contributed by atoms with van der Waals surface area (Å²) in [6.45, 7) is 0. The van der Waals surface area contributed by atoms with E-state index >= 15 is 0 Å². The Morgan fingerprint density at radius 1 is 0.387 bits per heavy atom. The van der Waals surface area contributed by atoms with Crippen molar-refractivity contribution in [3.05, 3.63) is 158 Å². The number of rotatable bonds is 5. The number of para-hydroxylation sites is 4. The largest absolute Gasteiger partial charge is 0.504 e. The van der Waals surface area contributed by atoms with Crippen molar-refractivity contribution < 1.29 is 25.5 Å². The molecule has 0 aliphatic heterocycles. The van der Waals surface area contributed by atoms with Crippen LogP contribution in [0, 0.1) is 0 Å². The summed E-state index contributed by atoms with van der Waals surface area (Å²) in [5.74, 6) is -4.81. The minimum absolute atomic E-state index is 0.193. The molecule has 0 saturated carbocycles. The lowest BCUT2D eigenvalue weighted by atomic mass is 10.0. The van der Waals surface area contributed by atoms with Crippen molar-refractivity contribution in [2.75, 3.05) is 0 Å². The van der Waals surface area contributed by atoms with Crippen LogP contribution in [0.1, 0.15) is 0 Å². The van der Waals surface area contributed by atoms with E-state index in [-0.39, 0.29) is 17.5 Å². The molecule has 0 amide bonds. The van der Waals surface area contributed by atoms with E-state index in [1.54, 1.807) is 11.3 Å². The van der Waals surface area contributed by atoms with Crippen LogP contribution in [0.5, 0.6) is 28.7 Å². The molecule has 10 nitrogen and oxygen atoms in total. The highest BCUT2D eigenvalue weighted by atomic mass is 32.1. The Labute approximate surface area is 355 Å². The minimum atomic E-state index is -1.08. The fourth-order valence-corrected chi connectivity index (χ4v) is 10.3. The van der Waals surface area contributed by atoms with Crippen LogP contribution < -0.4 is 0 Å². The van der Waals surface area contributed by atoms with Gasteiger partial charge in [-0.15, -0.1) is 11.3 Å². The molecule has 296 valence electrons. The van der Waals surface area contributed by atoms with Gasteiger partial charge in [0.15, 0.2) is 29.0 Å². The molecule has 0 spiro atoms. The quantitative estimate of drug-likeness (QED) is 0.0850. The molecule has 0 fully saturated rings. The van der Waals surface area contributed by atoms with Gasteiger partial charge in [0, 0.05) is 48.1 Å². The first-order valence-corrected chi connectivity index (χ1v) is 20.7. The Hall–Kier alpha value is -8.41. The average Bonchev–Trinajstić information content (AvgIpc) is 3.98. The maximum atomic E-state index is 11.2. The molecule has 4 heterocycles. The number of hydrogen-bond acceptors (Lipinski definition) is 9. The summed E-state index contributed by atoms with van der Waals surface area (Å²) >= 11 is 1.67. The number of aromatic hydroxyl groups is 5. The predicted molar refractivity (Wildman–Crippen MR) is 246 cm³/mol. The monoisotopic (exact) mass is 825 g/mol. The lowest BCUT2D eigenvalue weighted by Crippen LogP contribution is -2.04. The van der Waals surface area contributed by atoms with Crippen LogP contribution in [-0.4, -0.2) is 49.6 Å². The van der Waals surface area contributed by atoms with Crippen LogP contribution in [0.4, 0.5) is 0 Å². The molecule has 8 aromatic carbocycles. The summed E-state index contributed by atoms with van der Waals surface area (Å²) in [4.78, 5) is 14.6. The average molecular weight is 826 g/mol. The van der Waals surface area contributed by atoms with E-state index in [1.807, 2.05) is 60.7 Å². The number of phenols is 5. The third-order valence-electron chi connectivity index (χ3n) is 11.7. The van der Waals surface area contributed by atoms with Crippen LogP contribution in [0.25, 0.3) is 109 Å². The van der Waals surface area contributed by atoms with Gasteiger partial charge in [-0.25, -0.2) is 15.0 Å². The Morgan fingerprint density at radius 2 is 0.871 bits per heavy atom. The predicted octanol–water partition coefficient (Wildman–Crippen LogP) is 12.0. The van der Waals surface area contributed by atoms with Gasteiger partial charge in [-0.1, -0.05) is 115 Å². The van der Waals surface area contributed by atoms with Crippen molar-refractivity contribution in [3.8, 4) is 74.3 Å². The van der Waals surface area contributed by atoms with Crippen LogP contribution in [-0.2, 0) is 0 Å². The molecule has 4 aromatic heterocycles. The molecular formula is C51H31N5O5S. The number of hydrogen-bond donors (Lipinski definition) is 5. The van der Waals surface area contributed by atoms with Crippen LogP contribution in [0.3, 0.4) is 0 Å². The van der Waals surface area contributed by atoms with E-state index < -0.39 is 34.3 Å². The number of nitrogens with zero attached hydrogens (tertiary/aromatic N) is 5. The topological polar surface area (TPSA) is 150 Å². The summed E-state index contributed by atoms with van der Waals surface area (Å²) in [6, 6.07) is 53.2. The maximum Gasteiger partial charge on any atom is 0.208 e. The number of thiophene rings is 1. The van der Waals surface area contributed by atoms with Gasteiger partial charge in [-0.05, 0) is 42.5 Å². The molecular weight excluding hydrogens is 795 g/mol. The molecule has 5 N–H and O–H groups in total. The fraction of sp³-hybridized carbons (Fsp3) is 0. The van der Waals surface area contributed by atoms with Crippen molar-refractivity contribution in [1.82, 2.24) is 24.1 Å². The first-order valence-electron chi connectivity index (χ1n) is 19.8. The first kappa shape index (κ1) is 35.5. The Kier molecular flexibility index (Phi) is 7.62. The summed E-state index contributed by atoms with van der Waals surface area (Å²) in [6.07, 6.45) is 0. The van der Waals surface area contributed by atoms with Gasteiger partial charge in [0.05, 0.1) is 38.1 Å². The second-order valence-electron chi connectivity index (χ2n) is 15.1. The van der Waals surface area contributed by atoms with E-state index in [2.05, 4.69) is 111 Å². The molecule has 0 aliphatic carbocycles. The number of fused-ring (bicyclic) bond motifs is 9. The summed E-state index contributed by atoms with van der Waals surface area (Å²) in [5.41, 5.74) is 6.71. The highest BCUT2D eigenvalue weighted by molar-refractivity contribution is 7.26. The molecule has 0 unspecified atom stereocenters. The van der Waals surface area contributed by atoms with Crippen LogP contribution >= 0.6 is 11.3 Å². The third kappa shape index (κ3) is 4.99. The molecule has 62 heavy (non-hydrogen) atoms.